The third-order valence-electron chi connectivity index (χ3n) is 3.60. The molecule has 0 bridgehead atoms. The van der Waals surface area contributed by atoms with Crippen LogP contribution in [0.25, 0.3) is 0 Å². The first-order valence-electron chi connectivity index (χ1n) is 6.86. The van der Waals surface area contributed by atoms with Gasteiger partial charge in [-0.15, -0.1) is 0 Å². The molecule has 108 valence electrons. The standard InChI is InChI=1S/C15H21N3O2/c1-19-12-4-5-13(15(10-12)20-2)14(11-16)18-8-3-6-17-7-9-18/h4-5,10,14,17H,3,6-9H2,1-2H3. The first-order chi connectivity index (χ1) is 9.80. The van der Waals surface area contributed by atoms with Crippen molar-refractivity contribution in [1.29, 1.82) is 5.26 Å². The van der Waals surface area contributed by atoms with Crippen molar-refractivity contribution in [3.05, 3.63) is 23.8 Å². The highest BCUT2D eigenvalue weighted by atomic mass is 16.5. The molecule has 20 heavy (non-hydrogen) atoms. The van der Waals surface area contributed by atoms with E-state index in [0.29, 0.717) is 5.75 Å². The second kappa shape index (κ2) is 7.13. The number of methoxy groups -OCH3 is 2. The molecule has 1 fully saturated rings. The van der Waals surface area contributed by atoms with E-state index in [1.54, 1.807) is 14.2 Å². The summed E-state index contributed by atoms with van der Waals surface area (Å²) in [5.74, 6) is 1.44. The van der Waals surface area contributed by atoms with Gasteiger partial charge in [-0.05, 0) is 25.1 Å². The van der Waals surface area contributed by atoms with Crippen molar-refractivity contribution >= 4 is 0 Å². The maximum Gasteiger partial charge on any atom is 0.128 e. The lowest BCUT2D eigenvalue weighted by Gasteiger charge is -2.26. The number of hydrogen-bond donors (Lipinski definition) is 1. The molecular formula is C15H21N3O2. The molecule has 5 nitrogen and oxygen atoms in total. The largest absolute Gasteiger partial charge is 0.497 e. The Labute approximate surface area is 120 Å². The van der Waals surface area contributed by atoms with Gasteiger partial charge in [0, 0.05) is 31.3 Å². The molecule has 1 N–H and O–H groups in total. The average Bonchev–Trinajstić information content (AvgIpc) is 2.77. The molecule has 1 aliphatic heterocycles. The number of ether oxygens (including phenoxy) is 2. The molecule has 1 unspecified atom stereocenters. The van der Waals surface area contributed by atoms with Crippen LogP contribution in [0.15, 0.2) is 18.2 Å². The third-order valence-corrected chi connectivity index (χ3v) is 3.60. The van der Waals surface area contributed by atoms with Gasteiger partial charge in [0.2, 0.25) is 0 Å². The maximum atomic E-state index is 9.57. The highest BCUT2D eigenvalue weighted by Gasteiger charge is 2.24. The first kappa shape index (κ1) is 14.6. The van der Waals surface area contributed by atoms with E-state index in [1.165, 1.54) is 0 Å². The van der Waals surface area contributed by atoms with E-state index in [4.69, 9.17) is 9.47 Å². The van der Waals surface area contributed by atoms with E-state index < -0.39 is 0 Å². The van der Waals surface area contributed by atoms with Crippen molar-refractivity contribution in [2.75, 3.05) is 40.4 Å². The van der Waals surface area contributed by atoms with Crippen LogP contribution in [0.3, 0.4) is 0 Å². The van der Waals surface area contributed by atoms with Crippen LogP contribution in [0.4, 0.5) is 0 Å². The van der Waals surface area contributed by atoms with E-state index >= 15 is 0 Å². The fraction of sp³-hybridized carbons (Fsp3) is 0.533. The third kappa shape index (κ3) is 3.21. The normalized spacial score (nSPS) is 17.9. The van der Waals surface area contributed by atoms with Gasteiger partial charge in [0.05, 0.1) is 20.3 Å². The Kier molecular flexibility index (Phi) is 5.22. The van der Waals surface area contributed by atoms with Crippen LogP contribution >= 0.6 is 0 Å². The highest BCUT2D eigenvalue weighted by Crippen LogP contribution is 2.32. The minimum absolute atomic E-state index is 0.282. The van der Waals surface area contributed by atoms with E-state index in [-0.39, 0.29) is 6.04 Å². The van der Waals surface area contributed by atoms with Crippen LogP contribution < -0.4 is 14.8 Å². The summed E-state index contributed by atoms with van der Waals surface area (Å²) in [7, 11) is 3.24. The zero-order valence-corrected chi connectivity index (χ0v) is 12.1. The summed E-state index contributed by atoms with van der Waals surface area (Å²) in [5.41, 5.74) is 0.901. The first-order valence-corrected chi connectivity index (χ1v) is 6.86. The smallest absolute Gasteiger partial charge is 0.128 e. The number of benzene rings is 1. The average molecular weight is 275 g/mol. The Morgan fingerprint density at radius 3 is 2.80 bits per heavy atom. The fourth-order valence-corrected chi connectivity index (χ4v) is 2.52. The molecule has 0 aliphatic carbocycles. The minimum atomic E-state index is -0.282. The molecular weight excluding hydrogens is 254 g/mol. The monoisotopic (exact) mass is 275 g/mol. The van der Waals surface area contributed by atoms with Crippen LogP contribution in [0.1, 0.15) is 18.0 Å². The molecule has 5 heteroatoms. The van der Waals surface area contributed by atoms with Gasteiger partial charge in [0.25, 0.3) is 0 Å². The number of rotatable bonds is 4. The molecule has 0 spiro atoms. The summed E-state index contributed by atoms with van der Waals surface area (Å²) in [5, 5.41) is 12.9. The van der Waals surface area contributed by atoms with Gasteiger partial charge in [-0.1, -0.05) is 0 Å². The molecule has 0 saturated carbocycles. The number of nitrogens with one attached hydrogen (secondary N) is 1. The van der Waals surface area contributed by atoms with Crippen molar-refractivity contribution < 1.29 is 9.47 Å². The predicted octanol–water partition coefficient (Wildman–Crippen LogP) is 1.56. The second-order valence-electron chi connectivity index (χ2n) is 4.78. The summed E-state index contributed by atoms with van der Waals surface area (Å²) in [6.45, 7) is 3.71. The summed E-state index contributed by atoms with van der Waals surface area (Å²) < 4.78 is 10.6. The summed E-state index contributed by atoms with van der Waals surface area (Å²) in [6.07, 6.45) is 1.05. The Morgan fingerprint density at radius 2 is 2.10 bits per heavy atom. The van der Waals surface area contributed by atoms with Gasteiger partial charge in [0.1, 0.15) is 17.5 Å². The van der Waals surface area contributed by atoms with Gasteiger partial charge in [0.15, 0.2) is 0 Å². The Balaban J connectivity index is 2.28. The molecule has 1 saturated heterocycles. The zero-order chi connectivity index (χ0) is 14.4. The molecule has 2 rings (SSSR count). The van der Waals surface area contributed by atoms with Crippen LogP contribution in [0.5, 0.6) is 11.5 Å². The lowest BCUT2D eigenvalue weighted by Crippen LogP contribution is -2.31. The molecule has 0 radical (unpaired) electrons. The van der Waals surface area contributed by atoms with Crippen molar-refractivity contribution in [2.45, 2.75) is 12.5 Å². The lowest BCUT2D eigenvalue weighted by atomic mass is 10.0. The van der Waals surface area contributed by atoms with Crippen molar-refractivity contribution in [2.24, 2.45) is 0 Å². The molecule has 1 atom stereocenters. The van der Waals surface area contributed by atoms with E-state index in [0.717, 1.165) is 43.9 Å². The van der Waals surface area contributed by atoms with Crippen LogP contribution in [0, 0.1) is 11.3 Å². The fourth-order valence-electron chi connectivity index (χ4n) is 2.52. The topological polar surface area (TPSA) is 57.5 Å². The van der Waals surface area contributed by atoms with Gasteiger partial charge in [-0.2, -0.15) is 5.26 Å². The highest BCUT2D eigenvalue weighted by molar-refractivity contribution is 5.44. The molecule has 0 amide bonds. The second-order valence-corrected chi connectivity index (χ2v) is 4.78. The van der Waals surface area contributed by atoms with Gasteiger partial charge in [-0.3, -0.25) is 4.90 Å². The predicted molar refractivity (Wildman–Crippen MR) is 77.0 cm³/mol. The van der Waals surface area contributed by atoms with Crippen molar-refractivity contribution in [1.82, 2.24) is 10.2 Å². The van der Waals surface area contributed by atoms with Gasteiger partial charge < -0.3 is 14.8 Å². The minimum Gasteiger partial charge on any atom is -0.497 e. The van der Waals surface area contributed by atoms with Crippen molar-refractivity contribution in [3.8, 4) is 17.6 Å². The molecule has 1 heterocycles. The number of nitriles is 1. The molecule has 1 aliphatic rings. The van der Waals surface area contributed by atoms with Crippen LogP contribution in [-0.4, -0.2) is 45.3 Å². The summed E-state index contributed by atoms with van der Waals surface area (Å²) in [6, 6.07) is 7.75. The van der Waals surface area contributed by atoms with Crippen LogP contribution in [-0.2, 0) is 0 Å². The number of nitrogens with zero attached hydrogens (tertiary/aromatic N) is 2. The van der Waals surface area contributed by atoms with Gasteiger partial charge in [-0.25, -0.2) is 0 Å². The Morgan fingerprint density at radius 1 is 1.25 bits per heavy atom. The SMILES string of the molecule is COc1ccc(C(C#N)N2CCCNCC2)c(OC)c1. The van der Waals surface area contributed by atoms with Gasteiger partial charge >= 0.3 is 0 Å². The molecule has 1 aromatic carbocycles. The number of hydrogen-bond acceptors (Lipinski definition) is 5. The molecule has 0 aromatic heterocycles. The maximum absolute atomic E-state index is 9.57. The Hall–Kier alpha value is -1.77. The quantitative estimate of drug-likeness (QED) is 0.904. The lowest BCUT2D eigenvalue weighted by molar-refractivity contribution is 0.247. The Bertz CT molecular complexity index is 476. The van der Waals surface area contributed by atoms with Crippen molar-refractivity contribution in [3.63, 3.8) is 0 Å². The summed E-state index contributed by atoms with van der Waals surface area (Å²) in [4.78, 5) is 2.20. The van der Waals surface area contributed by atoms with Crippen LogP contribution in [0.2, 0.25) is 0 Å². The molecule has 1 aromatic rings. The van der Waals surface area contributed by atoms with E-state index in [9.17, 15) is 5.26 Å². The van der Waals surface area contributed by atoms with E-state index in [1.807, 2.05) is 18.2 Å². The zero-order valence-electron chi connectivity index (χ0n) is 12.1. The van der Waals surface area contributed by atoms with E-state index in [2.05, 4.69) is 16.3 Å². The summed E-state index contributed by atoms with van der Waals surface area (Å²) >= 11 is 0.